The molecule has 0 aromatic heterocycles. The molecule has 0 saturated carbocycles. The van der Waals surface area contributed by atoms with Gasteiger partial charge in [-0.15, -0.1) is 0 Å². The third-order valence-electron chi connectivity index (χ3n) is 4.79. The van der Waals surface area contributed by atoms with Gasteiger partial charge < -0.3 is 10.2 Å². The van der Waals surface area contributed by atoms with Crippen molar-refractivity contribution in [2.24, 2.45) is 0 Å². The van der Waals surface area contributed by atoms with Gasteiger partial charge in [-0.25, -0.2) is 0 Å². The van der Waals surface area contributed by atoms with E-state index in [1.165, 1.54) is 11.1 Å². The molecule has 0 bridgehead atoms. The molecule has 2 amide bonds. The van der Waals surface area contributed by atoms with Crippen molar-refractivity contribution in [1.29, 1.82) is 0 Å². The highest BCUT2D eigenvalue weighted by molar-refractivity contribution is 5.88. The molecule has 0 aliphatic rings. The van der Waals surface area contributed by atoms with Crippen molar-refractivity contribution < 1.29 is 9.59 Å². The number of amides is 2. The molecule has 2 rings (SSSR count). The second-order valence-corrected chi connectivity index (χ2v) is 8.52. The fourth-order valence-electron chi connectivity index (χ4n) is 3.03. The summed E-state index contributed by atoms with van der Waals surface area (Å²) in [5.74, 6) is -0.194. The van der Waals surface area contributed by atoms with E-state index < -0.39 is 6.04 Å². The first-order valence-electron chi connectivity index (χ1n) is 9.78. The maximum absolute atomic E-state index is 13.2. The number of rotatable bonds is 6. The zero-order valence-electron chi connectivity index (χ0n) is 17.9. The van der Waals surface area contributed by atoms with Crippen LogP contribution >= 0.6 is 0 Å². The van der Waals surface area contributed by atoms with E-state index in [1.807, 2.05) is 76.2 Å². The predicted octanol–water partition coefficient (Wildman–Crippen LogP) is 4.18. The lowest BCUT2D eigenvalue weighted by atomic mass is 10.0. The Bertz CT molecular complexity index is 822. The van der Waals surface area contributed by atoms with Crippen LogP contribution in [-0.2, 0) is 22.6 Å². The fourth-order valence-corrected chi connectivity index (χ4v) is 3.03. The van der Waals surface area contributed by atoms with Crippen LogP contribution in [0.15, 0.2) is 48.5 Å². The Balaban J connectivity index is 2.24. The van der Waals surface area contributed by atoms with Gasteiger partial charge in [-0.1, -0.05) is 48.5 Å². The summed E-state index contributed by atoms with van der Waals surface area (Å²) in [5, 5.41) is 2.99. The number of aryl methyl sites for hydroxylation is 2. The highest BCUT2D eigenvalue weighted by Crippen LogP contribution is 2.15. The van der Waals surface area contributed by atoms with Gasteiger partial charge in [0.2, 0.25) is 11.8 Å². The van der Waals surface area contributed by atoms with E-state index >= 15 is 0 Å². The van der Waals surface area contributed by atoms with Crippen molar-refractivity contribution in [2.45, 2.75) is 66.1 Å². The van der Waals surface area contributed by atoms with Crippen LogP contribution < -0.4 is 5.32 Å². The third-order valence-corrected chi connectivity index (χ3v) is 4.79. The van der Waals surface area contributed by atoms with Gasteiger partial charge in [0.25, 0.3) is 0 Å². The molecule has 0 radical (unpaired) electrons. The molecule has 150 valence electrons. The molecule has 1 atom stereocenters. The van der Waals surface area contributed by atoms with Crippen molar-refractivity contribution in [3.05, 3.63) is 70.8 Å². The molecular weight excluding hydrogens is 348 g/mol. The molecule has 0 spiro atoms. The number of hydrogen-bond donors (Lipinski definition) is 1. The lowest BCUT2D eigenvalue weighted by Gasteiger charge is -2.31. The van der Waals surface area contributed by atoms with Crippen LogP contribution in [0.5, 0.6) is 0 Å². The number of hydrogen-bond acceptors (Lipinski definition) is 2. The Morgan fingerprint density at radius 1 is 0.964 bits per heavy atom. The van der Waals surface area contributed by atoms with Gasteiger partial charge >= 0.3 is 0 Å². The van der Waals surface area contributed by atoms with Crippen LogP contribution in [0, 0.1) is 13.8 Å². The normalized spacial score (nSPS) is 12.4. The Morgan fingerprint density at radius 2 is 1.61 bits per heavy atom. The van der Waals surface area contributed by atoms with E-state index in [9.17, 15) is 9.59 Å². The molecule has 4 heteroatoms. The maximum atomic E-state index is 13.2. The van der Waals surface area contributed by atoms with Gasteiger partial charge in [-0.3, -0.25) is 9.59 Å². The predicted molar refractivity (Wildman–Crippen MR) is 114 cm³/mol. The van der Waals surface area contributed by atoms with E-state index in [0.29, 0.717) is 6.54 Å². The Kier molecular flexibility index (Phi) is 7.00. The number of carbonyl (C=O) groups excluding carboxylic acids is 2. The molecule has 0 unspecified atom stereocenters. The van der Waals surface area contributed by atoms with Crippen LogP contribution in [0.1, 0.15) is 49.9 Å². The van der Waals surface area contributed by atoms with E-state index in [4.69, 9.17) is 0 Å². The second kappa shape index (κ2) is 9.05. The van der Waals surface area contributed by atoms with Gasteiger partial charge in [0.15, 0.2) is 0 Å². The van der Waals surface area contributed by atoms with Crippen molar-refractivity contribution in [1.82, 2.24) is 10.2 Å². The number of nitrogens with one attached hydrogen (secondary N) is 1. The van der Waals surface area contributed by atoms with Crippen molar-refractivity contribution in [3.63, 3.8) is 0 Å². The molecule has 0 aliphatic heterocycles. The molecule has 2 aromatic rings. The summed E-state index contributed by atoms with van der Waals surface area (Å²) in [6.07, 6.45) is 0.279. The molecule has 0 fully saturated rings. The summed E-state index contributed by atoms with van der Waals surface area (Å²) in [7, 11) is 0. The first-order chi connectivity index (χ1) is 13.1. The average Bonchev–Trinajstić information content (AvgIpc) is 2.61. The van der Waals surface area contributed by atoms with Gasteiger partial charge in [-0.2, -0.15) is 0 Å². The standard InChI is InChI=1S/C24H32N2O2/c1-17-12-13-21(14-18(17)2)15-22(27)26(16-20-10-8-7-9-11-20)19(3)23(28)25-24(4,5)6/h7-14,19H,15-16H2,1-6H3,(H,25,28)/t19-/m0/s1. The van der Waals surface area contributed by atoms with Crippen LogP contribution in [0.2, 0.25) is 0 Å². The summed E-state index contributed by atoms with van der Waals surface area (Å²) in [6, 6.07) is 15.3. The fraction of sp³-hybridized carbons (Fsp3) is 0.417. The van der Waals surface area contributed by atoms with Crippen LogP contribution in [0.4, 0.5) is 0 Å². The minimum atomic E-state index is -0.557. The van der Waals surface area contributed by atoms with E-state index in [2.05, 4.69) is 12.2 Å². The summed E-state index contributed by atoms with van der Waals surface area (Å²) in [6.45, 7) is 12.1. The Hall–Kier alpha value is -2.62. The summed E-state index contributed by atoms with van der Waals surface area (Å²) >= 11 is 0. The van der Waals surface area contributed by atoms with Crippen LogP contribution in [0.3, 0.4) is 0 Å². The molecule has 0 saturated heterocycles. The highest BCUT2D eigenvalue weighted by atomic mass is 16.2. The van der Waals surface area contributed by atoms with Crippen molar-refractivity contribution in [3.8, 4) is 0 Å². The maximum Gasteiger partial charge on any atom is 0.242 e. The van der Waals surface area contributed by atoms with Gasteiger partial charge in [-0.05, 0) is 63.8 Å². The van der Waals surface area contributed by atoms with E-state index in [0.717, 1.165) is 11.1 Å². The first-order valence-corrected chi connectivity index (χ1v) is 9.78. The average molecular weight is 381 g/mol. The molecule has 28 heavy (non-hydrogen) atoms. The molecule has 0 aliphatic carbocycles. The molecular formula is C24H32N2O2. The SMILES string of the molecule is Cc1ccc(CC(=O)N(Cc2ccccc2)[C@@H](C)C(=O)NC(C)(C)C)cc1C. The number of carbonyl (C=O) groups is 2. The minimum absolute atomic E-state index is 0.0522. The quantitative estimate of drug-likeness (QED) is 0.817. The highest BCUT2D eigenvalue weighted by Gasteiger charge is 2.28. The van der Waals surface area contributed by atoms with Gasteiger partial charge in [0.05, 0.1) is 6.42 Å². The number of benzene rings is 2. The topological polar surface area (TPSA) is 49.4 Å². The van der Waals surface area contributed by atoms with E-state index in [1.54, 1.807) is 11.8 Å². The molecule has 1 N–H and O–H groups in total. The monoisotopic (exact) mass is 380 g/mol. The van der Waals surface area contributed by atoms with Gasteiger partial charge in [0, 0.05) is 12.1 Å². The third kappa shape index (κ3) is 6.22. The van der Waals surface area contributed by atoms with Crippen molar-refractivity contribution >= 4 is 11.8 Å². The van der Waals surface area contributed by atoms with Crippen LogP contribution in [-0.4, -0.2) is 28.3 Å². The minimum Gasteiger partial charge on any atom is -0.350 e. The molecule has 0 heterocycles. The van der Waals surface area contributed by atoms with Crippen molar-refractivity contribution in [2.75, 3.05) is 0 Å². The summed E-state index contributed by atoms with van der Waals surface area (Å²) in [4.78, 5) is 27.6. The lowest BCUT2D eigenvalue weighted by molar-refractivity contribution is -0.140. The molecule has 4 nitrogen and oxygen atoms in total. The van der Waals surface area contributed by atoms with Crippen LogP contribution in [0.25, 0.3) is 0 Å². The van der Waals surface area contributed by atoms with Gasteiger partial charge in [0.1, 0.15) is 6.04 Å². The van der Waals surface area contributed by atoms with E-state index in [-0.39, 0.29) is 23.8 Å². The Labute approximate surface area is 169 Å². The smallest absolute Gasteiger partial charge is 0.242 e. The molecule has 2 aromatic carbocycles. The lowest BCUT2D eigenvalue weighted by Crippen LogP contribution is -2.52. The summed E-state index contributed by atoms with van der Waals surface area (Å²) in [5.41, 5.74) is 4.00. The second-order valence-electron chi connectivity index (χ2n) is 8.52. The Morgan fingerprint density at radius 3 is 2.18 bits per heavy atom. The summed E-state index contributed by atoms with van der Waals surface area (Å²) < 4.78 is 0. The number of nitrogens with zero attached hydrogens (tertiary/aromatic N) is 1. The largest absolute Gasteiger partial charge is 0.350 e. The zero-order chi connectivity index (χ0) is 20.9. The first kappa shape index (κ1) is 21.7. The zero-order valence-corrected chi connectivity index (χ0v) is 17.9.